The highest BCUT2D eigenvalue weighted by Gasteiger charge is 2.01. The Labute approximate surface area is 71.9 Å². The van der Waals surface area contributed by atoms with Crippen LogP contribution in [-0.4, -0.2) is 6.54 Å². The molecule has 0 atom stereocenters. The average Bonchev–Trinajstić information content (AvgIpc) is 2.16. The first kappa shape index (κ1) is 8.51. The number of nitriles is 1. The van der Waals surface area contributed by atoms with Crippen molar-refractivity contribution in [2.45, 2.75) is 0 Å². The van der Waals surface area contributed by atoms with Gasteiger partial charge >= 0.3 is 0 Å². The molecule has 0 saturated carbocycles. The van der Waals surface area contributed by atoms with Gasteiger partial charge in [-0.3, -0.25) is 0 Å². The molecule has 2 heteroatoms. The van der Waals surface area contributed by atoms with Crippen LogP contribution >= 0.6 is 0 Å². The molecule has 0 aliphatic rings. The van der Waals surface area contributed by atoms with Crippen LogP contribution in [0.3, 0.4) is 0 Å². The Morgan fingerprint density at radius 2 is 2.17 bits per heavy atom. The summed E-state index contributed by atoms with van der Waals surface area (Å²) in [4.78, 5) is 0. The Hall–Kier alpha value is -1.59. The zero-order valence-electron chi connectivity index (χ0n) is 6.75. The van der Waals surface area contributed by atoms with E-state index in [1.807, 2.05) is 18.2 Å². The first-order valence-corrected chi connectivity index (χ1v) is 3.67. The molecule has 0 bridgehead atoms. The van der Waals surface area contributed by atoms with Crippen molar-refractivity contribution in [3.05, 3.63) is 42.0 Å². The maximum Gasteiger partial charge on any atom is 0.0998 e. The van der Waals surface area contributed by atoms with Crippen molar-refractivity contribution in [2.75, 3.05) is 6.54 Å². The summed E-state index contributed by atoms with van der Waals surface area (Å²) in [7, 11) is 0. The van der Waals surface area contributed by atoms with Crippen molar-refractivity contribution in [2.24, 2.45) is 5.73 Å². The van der Waals surface area contributed by atoms with Crippen LogP contribution in [0.25, 0.3) is 5.57 Å². The summed E-state index contributed by atoms with van der Waals surface area (Å²) in [6.45, 7) is 4.16. The van der Waals surface area contributed by atoms with Gasteiger partial charge in [0.25, 0.3) is 0 Å². The van der Waals surface area contributed by atoms with Gasteiger partial charge in [-0.2, -0.15) is 5.26 Å². The number of hydrogen-bond donors (Lipinski definition) is 1. The number of benzene rings is 1. The lowest BCUT2D eigenvalue weighted by atomic mass is 10.0. The Kier molecular flexibility index (Phi) is 2.62. The number of rotatable bonds is 2. The zero-order chi connectivity index (χ0) is 8.97. The topological polar surface area (TPSA) is 49.8 Å². The van der Waals surface area contributed by atoms with Gasteiger partial charge in [0.2, 0.25) is 0 Å². The lowest BCUT2D eigenvalue weighted by molar-refractivity contribution is 1.26. The molecule has 1 aromatic rings. The van der Waals surface area contributed by atoms with Crippen molar-refractivity contribution in [1.82, 2.24) is 0 Å². The first-order chi connectivity index (χ1) is 5.79. The second kappa shape index (κ2) is 3.70. The molecule has 0 radical (unpaired) electrons. The number of hydrogen-bond acceptors (Lipinski definition) is 2. The SMILES string of the molecule is C=C(CN)c1ccccc1C#N. The smallest absolute Gasteiger partial charge is 0.0998 e. The normalized spacial score (nSPS) is 9.00. The summed E-state index contributed by atoms with van der Waals surface area (Å²) in [6, 6.07) is 9.41. The van der Waals surface area contributed by atoms with E-state index in [9.17, 15) is 0 Å². The van der Waals surface area contributed by atoms with Gasteiger partial charge in [0.05, 0.1) is 11.6 Å². The van der Waals surface area contributed by atoms with Gasteiger partial charge in [-0.15, -0.1) is 0 Å². The molecule has 1 aromatic carbocycles. The molecule has 1 rings (SSSR count). The summed E-state index contributed by atoms with van der Waals surface area (Å²) in [5.74, 6) is 0. The molecule has 0 amide bonds. The van der Waals surface area contributed by atoms with Crippen molar-refractivity contribution in [1.29, 1.82) is 5.26 Å². The fraction of sp³-hybridized carbons (Fsp3) is 0.100. The van der Waals surface area contributed by atoms with Crippen molar-refractivity contribution < 1.29 is 0 Å². The molecule has 12 heavy (non-hydrogen) atoms. The van der Waals surface area contributed by atoms with Crippen LogP contribution in [0.5, 0.6) is 0 Å². The van der Waals surface area contributed by atoms with Crippen molar-refractivity contribution in [3.8, 4) is 6.07 Å². The fourth-order valence-electron chi connectivity index (χ4n) is 0.999. The standard InChI is InChI=1S/C10H10N2/c1-8(6-11)10-5-3-2-4-9(10)7-12/h2-5H,1,6,11H2. The van der Waals surface area contributed by atoms with Crippen LogP contribution in [0.1, 0.15) is 11.1 Å². The minimum absolute atomic E-state index is 0.388. The highest BCUT2D eigenvalue weighted by atomic mass is 14.5. The second-order valence-electron chi connectivity index (χ2n) is 2.47. The minimum Gasteiger partial charge on any atom is -0.326 e. The molecule has 0 fully saturated rings. The van der Waals surface area contributed by atoms with E-state index in [2.05, 4.69) is 12.6 Å². The van der Waals surface area contributed by atoms with E-state index in [1.165, 1.54) is 0 Å². The lowest BCUT2D eigenvalue weighted by Gasteiger charge is -2.03. The van der Waals surface area contributed by atoms with Gasteiger partial charge in [-0.25, -0.2) is 0 Å². The lowest BCUT2D eigenvalue weighted by Crippen LogP contribution is -2.02. The predicted octanol–water partition coefficient (Wildman–Crippen LogP) is 1.53. The summed E-state index contributed by atoms with van der Waals surface area (Å²) < 4.78 is 0. The monoisotopic (exact) mass is 158 g/mol. The molecular weight excluding hydrogens is 148 g/mol. The summed E-state index contributed by atoms with van der Waals surface area (Å²) >= 11 is 0. The Morgan fingerprint density at radius 3 is 2.75 bits per heavy atom. The third-order valence-electron chi connectivity index (χ3n) is 1.67. The Balaban J connectivity index is 3.16. The maximum atomic E-state index is 8.73. The number of nitrogens with zero attached hydrogens (tertiary/aromatic N) is 1. The molecule has 0 unspecified atom stereocenters. The molecule has 60 valence electrons. The molecular formula is C10H10N2. The molecule has 0 heterocycles. The van der Waals surface area contributed by atoms with Gasteiger partial charge in [0.1, 0.15) is 0 Å². The molecule has 0 aliphatic carbocycles. The Morgan fingerprint density at radius 1 is 1.50 bits per heavy atom. The third kappa shape index (κ3) is 1.52. The second-order valence-corrected chi connectivity index (χ2v) is 2.47. The molecule has 2 N–H and O–H groups in total. The minimum atomic E-state index is 0.388. The van der Waals surface area contributed by atoms with Crippen molar-refractivity contribution in [3.63, 3.8) is 0 Å². The van der Waals surface area contributed by atoms with E-state index in [0.29, 0.717) is 12.1 Å². The van der Waals surface area contributed by atoms with Crippen LogP contribution in [0.15, 0.2) is 30.8 Å². The summed E-state index contributed by atoms with van der Waals surface area (Å²) in [5.41, 5.74) is 7.70. The van der Waals surface area contributed by atoms with E-state index < -0.39 is 0 Å². The van der Waals surface area contributed by atoms with Gasteiger partial charge < -0.3 is 5.73 Å². The van der Waals surface area contributed by atoms with E-state index in [-0.39, 0.29) is 0 Å². The van der Waals surface area contributed by atoms with E-state index >= 15 is 0 Å². The average molecular weight is 158 g/mol. The molecule has 0 aromatic heterocycles. The van der Waals surface area contributed by atoms with Gasteiger partial charge in [0, 0.05) is 6.54 Å². The fourth-order valence-corrected chi connectivity index (χ4v) is 0.999. The van der Waals surface area contributed by atoms with Crippen LogP contribution in [0.4, 0.5) is 0 Å². The van der Waals surface area contributed by atoms with Gasteiger partial charge in [0.15, 0.2) is 0 Å². The number of nitrogens with two attached hydrogens (primary N) is 1. The van der Waals surface area contributed by atoms with Crippen LogP contribution in [0.2, 0.25) is 0 Å². The molecule has 0 aliphatic heterocycles. The highest BCUT2D eigenvalue weighted by Crippen LogP contribution is 2.15. The third-order valence-corrected chi connectivity index (χ3v) is 1.67. The first-order valence-electron chi connectivity index (χ1n) is 3.67. The largest absolute Gasteiger partial charge is 0.326 e. The van der Waals surface area contributed by atoms with Gasteiger partial charge in [-0.05, 0) is 17.2 Å². The summed E-state index contributed by atoms with van der Waals surface area (Å²) in [5, 5.41) is 8.73. The maximum absolute atomic E-state index is 8.73. The summed E-state index contributed by atoms with van der Waals surface area (Å²) in [6.07, 6.45) is 0. The molecule has 0 saturated heterocycles. The van der Waals surface area contributed by atoms with E-state index in [1.54, 1.807) is 6.07 Å². The van der Waals surface area contributed by atoms with Gasteiger partial charge in [-0.1, -0.05) is 24.8 Å². The Bertz CT molecular complexity index is 334. The van der Waals surface area contributed by atoms with Crippen LogP contribution in [0, 0.1) is 11.3 Å². The van der Waals surface area contributed by atoms with E-state index in [4.69, 9.17) is 11.0 Å². The van der Waals surface area contributed by atoms with Crippen molar-refractivity contribution >= 4 is 5.57 Å². The molecule has 2 nitrogen and oxygen atoms in total. The quantitative estimate of drug-likeness (QED) is 0.709. The molecule has 0 spiro atoms. The predicted molar refractivity (Wildman–Crippen MR) is 49.2 cm³/mol. The highest BCUT2D eigenvalue weighted by molar-refractivity contribution is 5.69. The zero-order valence-corrected chi connectivity index (χ0v) is 6.75. The van der Waals surface area contributed by atoms with Crippen LogP contribution in [-0.2, 0) is 0 Å². The van der Waals surface area contributed by atoms with E-state index in [0.717, 1.165) is 11.1 Å². The van der Waals surface area contributed by atoms with Crippen LogP contribution < -0.4 is 5.73 Å².